The molecule has 0 aliphatic heterocycles. The van der Waals surface area contributed by atoms with Gasteiger partial charge in [0, 0.05) is 10.0 Å². The number of halogens is 1. The lowest BCUT2D eigenvalue weighted by Gasteiger charge is -2.20. The first-order valence-electron chi connectivity index (χ1n) is 6.19. The van der Waals surface area contributed by atoms with Crippen LogP contribution in [0.5, 0.6) is 5.75 Å². The highest BCUT2D eigenvalue weighted by Crippen LogP contribution is 2.50. The van der Waals surface area contributed by atoms with E-state index >= 15 is 0 Å². The SMILES string of the molecule is COc1c(C)c(C)c(Br)c(C)c1CC1(C#N)CC1. The molecule has 1 aromatic rings. The van der Waals surface area contributed by atoms with E-state index < -0.39 is 0 Å². The van der Waals surface area contributed by atoms with Gasteiger partial charge in [-0.2, -0.15) is 5.26 Å². The number of nitrogens with zero attached hydrogens (tertiary/aromatic N) is 1. The molecule has 2 rings (SSSR count). The van der Waals surface area contributed by atoms with Crippen LogP contribution in [0.2, 0.25) is 0 Å². The van der Waals surface area contributed by atoms with Gasteiger partial charge in [-0.1, -0.05) is 15.9 Å². The standard InChI is InChI=1S/C15H18BrNO/c1-9-10(2)14(18-4)12(11(3)13(9)16)7-15(8-17)5-6-15/h5-7H2,1-4H3. The molecule has 1 aliphatic carbocycles. The van der Waals surface area contributed by atoms with Gasteiger partial charge in [0.2, 0.25) is 0 Å². The van der Waals surface area contributed by atoms with Crippen LogP contribution < -0.4 is 4.74 Å². The maximum atomic E-state index is 9.26. The number of benzene rings is 1. The van der Waals surface area contributed by atoms with Crippen LogP contribution in [0.15, 0.2) is 4.47 Å². The van der Waals surface area contributed by atoms with Crippen LogP contribution in [0.4, 0.5) is 0 Å². The molecule has 0 aromatic heterocycles. The van der Waals surface area contributed by atoms with Crippen LogP contribution in [-0.2, 0) is 6.42 Å². The van der Waals surface area contributed by atoms with E-state index in [2.05, 4.69) is 42.8 Å². The Kier molecular flexibility index (Phi) is 3.42. The molecular weight excluding hydrogens is 290 g/mol. The van der Waals surface area contributed by atoms with E-state index in [4.69, 9.17) is 4.74 Å². The lowest BCUT2D eigenvalue weighted by Crippen LogP contribution is -2.08. The van der Waals surface area contributed by atoms with Crippen LogP contribution in [0, 0.1) is 37.5 Å². The quantitative estimate of drug-likeness (QED) is 0.837. The molecule has 0 spiro atoms. The van der Waals surface area contributed by atoms with Gasteiger partial charge in [-0.15, -0.1) is 0 Å². The maximum Gasteiger partial charge on any atom is 0.125 e. The van der Waals surface area contributed by atoms with E-state index in [-0.39, 0.29) is 5.41 Å². The minimum absolute atomic E-state index is 0.140. The monoisotopic (exact) mass is 307 g/mol. The van der Waals surface area contributed by atoms with Gasteiger partial charge >= 0.3 is 0 Å². The Morgan fingerprint density at radius 2 is 1.83 bits per heavy atom. The van der Waals surface area contributed by atoms with Gasteiger partial charge in [-0.25, -0.2) is 0 Å². The molecule has 2 nitrogen and oxygen atoms in total. The van der Waals surface area contributed by atoms with Crippen molar-refractivity contribution < 1.29 is 4.74 Å². The predicted molar refractivity (Wildman–Crippen MR) is 75.9 cm³/mol. The molecule has 0 atom stereocenters. The molecule has 1 saturated carbocycles. The van der Waals surface area contributed by atoms with Crippen LogP contribution >= 0.6 is 15.9 Å². The molecule has 1 aliphatic rings. The first kappa shape index (κ1) is 13.4. The van der Waals surface area contributed by atoms with Crippen molar-refractivity contribution in [2.24, 2.45) is 5.41 Å². The van der Waals surface area contributed by atoms with Crippen molar-refractivity contribution in [2.45, 2.75) is 40.0 Å². The normalized spacial score (nSPS) is 16.2. The summed E-state index contributed by atoms with van der Waals surface area (Å²) in [7, 11) is 1.71. The third kappa shape index (κ3) is 2.03. The van der Waals surface area contributed by atoms with E-state index in [0.29, 0.717) is 0 Å². The third-order valence-electron chi connectivity index (χ3n) is 4.10. The highest BCUT2D eigenvalue weighted by atomic mass is 79.9. The summed E-state index contributed by atoms with van der Waals surface area (Å²) < 4.78 is 6.72. The number of hydrogen-bond donors (Lipinski definition) is 0. The topological polar surface area (TPSA) is 33.0 Å². The van der Waals surface area contributed by atoms with Crippen molar-refractivity contribution in [3.05, 3.63) is 26.7 Å². The average molecular weight is 308 g/mol. The number of methoxy groups -OCH3 is 1. The number of nitriles is 1. The fourth-order valence-corrected chi connectivity index (χ4v) is 2.99. The molecule has 96 valence electrons. The third-order valence-corrected chi connectivity index (χ3v) is 5.29. The summed E-state index contributed by atoms with van der Waals surface area (Å²) in [4.78, 5) is 0. The van der Waals surface area contributed by atoms with Crippen molar-refractivity contribution in [1.82, 2.24) is 0 Å². The van der Waals surface area contributed by atoms with Gasteiger partial charge in [0.1, 0.15) is 5.75 Å². The van der Waals surface area contributed by atoms with Crippen molar-refractivity contribution in [1.29, 1.82) is 5.26 Å². The minimum atomic E-state index is -0.140. The summed E-state index contributed by atoms with van der Waals surface area (Å²) in [5, 5.41) is 9.26. The summed E-state index contributed by atoms with van der Waals surface area (Å²) in [6.07, 6.45) is 2.82. The summed E-state index contributed by atoms with van der Waals surface area (Å²) in [5.41, 5.74) is 4.63. The zero-order valence-electron chi connectivity index (χ0n) is 11.4. The van der Waals surface area contributed by atoms with Gasteiger partial charge in [0.05, 0.1) is 18.6 Å². The summed E-state index contributed by atoms with van der Waals surface area (Å²) in [6, 6.07) is 2.46. The molecule has 0 N–H and O–H groups in total. The molecule has 3 heteroatoms. The zero-order valence-corrected chi connectivity index (χ0v) is 12.9. The molecule has 0 saturated heterocycles. The summed E-state index contributed by atoms with van der Waals surface area (Å²) in [6.45, 7) is 6.27. The largest absolute Gasteiger partial charge is 0.496 e. The second kappa shape index (κ2) is 4.59. The van der Waals surface area contributed by atoms with Gasteiger partial charge in [-0.05, 0) is 56.7 Å². The average Bonchev–Trinajstić information content (AvgIpc) is 3.14. The first-order chi connectivity index (χ1) is 8.45. The Morgan fingerprint density at radius 1 is 1.22 bits per heavy atom. The van der Waals surface area contributed by atoms with Crippen molar-refractivity contribution in [3.63, 3.8) is 0 Å². The number of ether oxygens (including phenoxy) is 1. The van der Waals surface area contributed by atoms with Crippen LogP contribution in [0.3, 0.4) is 0 Å². The first-order valence-corrected chi connectivity index (χ1v) is 6.98. The Morgan fingerprint density at radius 3 is 2.28 bits per heavy atom. The lowest BCUT2D eigenvalue weighted by atomic mass is 9.90. The fourth-order valence-electron chi connectivity index (χ4n) is 2.45. The molecule has 1 aromatic carbocycles. The molecular formula is C15H18BrNO. The van der Waals surface area contributed by atoms with Crippen molar-refractivity contribution in [2.75, 3.05) is 7.11 Å². The minimum Gasteiger partial charge on any atom is -0.496 e. The molecule has 0 bridgehead atoms. The second-order valence-electron chi connectivity index (χ2n) is 5.27. The Balaban J connectivity index is 2.55. The smallest absolute Gasteiger partial charge is 0.125 e. The summed E-state index contributed by atoms with van der Waals surface area (Å²) in [5.74, 6) is 0.953. The van der Waals surface area contributed by atoms with Crippen molar-refractivity contribution >= 4 is 15.9 Å². The van der Waals surface area contributed by atoms with Crippen molar-refractivity contribution in [3.8, 4) is 11.8 Å². The Bertz CT molecular complexity index is 539. The van der Waals surface area contributed by atoms with E-state index in [1.165, 1.54) is 22.3 Å². The highest BCUT2D eigenvalue weighted by molar-refractivity contribution is 9.10. The van der Waals surface area contributed by atoms with Crippen LogP contribution in [0.1, 0.15) is 35.1 Å². The second-order valence-corrected chi connectivity index (χ2v) is 6.06. The maximum absolute atomic E-state index is 9.26. The molecule has 1 fully saturated rings. The molecule has 0 amide bonds. The Hall–Kier alpha value is -1.01. The zero-order chi connectivity index (χ0) is 13.5. The molecule has 0 heterocycles. The van der Waals surface area contributed by atoms with Crippen LogP contribution in [-0.4, -0.2) is 7.11 Å². The highest BCUT2D eigenvalue weighted by Gasteiger charge is 2.44. The number of rotatable bonds is 3. The molecule has 0 unspecified atom stereocenters. The van der Waals surface area contributed by atoms with Crippen LogP contribution in [0.25, 0.3) is 0 Å². The van der Waals surface area contributed by atoms with Gasteiger partial charge in [0.15, 0.2) is 0 Å². The Labute approximate surface area is 117 Å². The van der Waals surface area contributed by atoms with E-state index in [0.717, 1.165) is 29.5 Å². The molecule has 0 radical (unpaired) electrons. The predicted octanol–water partition coefficient (Wildman–Crippen LogP) is 4.23. The summed E-state index contributed by atoms with van der Waals surface area (Å²) >= 11 is 3.66. The molecule has 18 heavy (non-hydrogen) atoms. The van der Waals surface area contributed by atoms with Gasteiger partial charge < -0.3 is 4.74 Å². The lowest BCUT2D eigenvalue weighted by molar-refractivity contribution is 0.402. The van der Waals surface area contributed by atoms with Gasteiger partial charge in [-0.3, -0.25) is 0 Å². The fraction of sp³-hybridized carbons (Fsp3) is 0.533. The number of hydrogen-bond acceptors (Lipinski definition) is 2. The van der Waals surface area contributed by atoms with E-state index in [1.54, 1.807) is 7.11 Å². The van der Waals surface area contributed by atoms with E-state index in [9.17, 15) is 5.26 Å². The van der Waals surface area contributed by atoms with E-state index in [1.807, 2.05) is 0 Å². The van der Waals surface area contributed by atoms with Gasteiger partial charge in [0.25, 0.3) is 0 Å².